The predicted molar refractivity (Wildman–Crippen MR) is 73.4 cm³/mol. The molecule has 1 saturated heterocycles. The fraction of sp³-hybridized carbons (Fsp3) is 0.600. The molecule has 0 aliphatic carbocycles. The third kappa shape index (κ3) is 2.52. The maximum atomic E-state index is 6.04. The second-order valence-electron chi connectivity index (χ2n) is 5.53. The zero-order valence-corrected chi connectivity index (χ0v) is 10.9. The van der Waals surface area contributed by atoms with Crippen molar-refractivity contribution in [2.75, 3.05) is 32.0 Å². The molecule has 1 fully saturated rings. The Bertz CT molecular complexity index is 413. The normalized spacial score (nSPS) is 21.8. The standard InChI is InChI=1S/C15H22N2O/c16-15-3-1-2-13-11-17(7-4-14(13)15)10-12-5-8-18-9-6-12/h1-3,12H,4-11,16H2. The number of nitrogens with zero attached hydrogens (tertiary/aromatic N) is 1. The van der Waals surface area contributed by atoms with Gasteiger partial charge in [0.05, 0.1) is 0 Å². The lowest BCUT2D eigenvalue weighted by Crippen LogP contribution is -2.36. The minimum Gasteiger partial charge on any atom is -0.398 e. The molecule has 0 amide bonds. The topological polar surface area (TPSA) is 38.5 Å². The van der Waals surface area contributed by atoms with Crippen LogP contribution in [0.2, 0.25) is 0 Å². The quantitative estimate of drug-likeness (QED) is 0.812. The van der Waals surface area contributed by atoms with E-state index in [0.717, 1.165) is 44.3 Å². The number of benzene rings is 1. The van der Waals surface area contributed by atoms with E-state index in [4.69, 9.17) is 10.5 Å². The number of rotatable bonds is 2. The van der Waals surface area contributed by atoms with Gasteiger partial charge in [-0.05, 0) is 42.4 Å². The maximum absolute atomic E-state index is 6.04. The van der Waals surface area contributed by atoms with Crippen molar-refractivity contribution < 1.29 is 4.74 Å². The summed E-state index contributed by atoms with van der Waals surface area (Å²) in [7, 11) is 0. The molecule has 98 valence electrons. The molecule has 1 aromatic carbocycles. The second kappa shape index (κ2) is 5.29. The van der Waals surface area contributed by atoms with Gasteiger partial charge in [0.15, 0.2) is 0 Å². The van der Waals surface area contributed by atoms with Crippen molar-refractivity contribution in [2.45, 2.75) is 25.8 Å². The number of nitrogen functional groups attached to an aromatic ring is 1. The van der Waals surface area contributed by atoms with Crippen LogP contribution in [0.1, 0.15) is 24.0 Å². The average Bonchev–Trinajstić information content (AvgIpc) is 2.40. The van der Waals surface area contributed by atoms with Crippen LogP contribution in [0.15, 0.2) is 18.2 Å². The summed E-state index contributed by atoms with van der Waals surface area (Å²) in [4.78, 5) is 2.58. The molecular weight excluding hydrogens is 224 g/mol. The Kier molecular flexibility index (Phi) is 3.52. The molecule has 2 N–H and O–H groups in total. The van der Waals surface area contributed by atoms with E-state index >= 15 is 0 Å². The first-order chi connectivity index (χ1) is 8.83. The van der Waals surface area contributed by atoms with E-state index in [1.165, 1.54) is 30.5 Å². The third-order valence-electron chi connectivity index (χ3n) is 4.24. The van der Waals surface area contributed by atoms with E-state index in [2.05, 4.69) is 17.0 Å². The first-order valence-electron chi connectivity index (χ1n) is 6.99. The van der Waals surface area contributed by atoms with Gasteiger partial charge in [-0.2, -0.15) is 0 Å². The number of ether oxygens (including phenoxy) is 1. The van der Waals surface area contributed by atoms with Crippen LogP contribution >= 0.6 is 0 Å². The third-order valence-corrected chi connectivity index (χ3v) is 4.24. The van der Waals surface area contributed by atoms with E-state index in [-0.39, 0.29) is 0 Å². The zero-order chi connectivity index (χ0) is 12.4. The molecular formula is C15H22N2O. The van der Waals surface area contributed by atoms with E-state index in [9.17, 15) is 0 Å². The first kappa shape index (κ1) is 12.0. The molecule has 18 heavy (non-hydrogen) atoms. The van der Waals surface area contributed by atoms with Gasteiger partial charge in [0.1, 0.15) is 0 Å². The Balaban J connectivity index is 1.64. The van der Waals surface area contributed by atoms with Gasteiger partial charge in [0.25, 0.3) is 0 Å². The summed E-state index contributed by atoms with van der Waals surface area (Å²) in [5, 5.41) is 0. The monoisotopic (exact) mass is 246 g/mol. The molecule has 0 atom stereocenters. The van der Waals surface area contributed by atoms with Crippen LogP contribution in [0.25, 0.3) is 0 Å². The SMILES string of the molecule is Nc1cccc2c1CCN(CC1CCOCC1)C2. The van der Waals surface area contributed by atoms with Gasteiger partial charge in [-0.3, -0.25) is 4.90 Å². The van der Waals surface area contributed by atoms with Gasteiger partial charge in [0, 0.05) is 38.5 Å². The minimum atomic E-state index is 0.821. The summed E-state index contributed by atoms with van der Waals surface area (Å²) in [5.41, 5.74) is 9.81. The Morgan fingerprint density at radius 1 is 1.28 bits per heavy atom. The molecule has 0 bridgehead atoms. The smallest absolute Gasteiger partial charge is 0.0469 e. The zero-order valence-electron chi connectivity index (χ0n) is 10.9. The van der Waals surface area contributed by atoms with E-state index in [0.29, 0.717) is 0 Å². The van der Waals surface area contributed by atoms with Crippen molar-refractivity contribution >= 4 is 5.69 Å². The van der Waals surface area contributed by atoms with Crippen molar-refractivity contribution in [2.24, 2.45) is 5.92 Å². The van der Waals surface area contributed by atoms with Crippen molar-refractivity contribution in [1.29, 1.82) is 0 Å². The lowest BCUT2D eigenvalue weighted by molar-refractivity contribution is 0.0506. The van der Waals surface area contributed by atoms with Gasteiger partial charge in [-0.25, -0.2) is 0 Å². The molecule has 1 aromatic rings. The van der Waals surface area contributed by atoms with Crippen LogP contribution in [-0.4, -0.2) is 31.2 Å². The largest absolute Gasteiger partial charge is 0.398 e. The second-order valence-corrected chi connectivity index (χ2v) is 5.53. The summed E-state index contributed by atoms with van der Waals surface area (Å²) in [6, 6.07) is 6.32. The van der Waals surface area contributed by atoms with Crippen LogP contribution in [-0.2, 0) is 17.7 Å². The van der Waals surface area contributed by atoms with Gasteiger partial charge in [-0.1, -0.05) is 12.1 Å². The average molecular weight is 246 g/mol. The first-order valence-corrected chi connectivity index (χ1v) is 6.99. The number of fused-ring (bicyclic) bond motifs is 1. The molecule has 0 spiro atoms. The van der Waals surface area contributed by atoms with Gasteiger partial charge in [-0.15, -0.1) is 0 Å². The Morgan fingerprint density at radius 2 is 2.11 bits per heavy atom. The molecule has 0 saturated carbocycles. The van der Waals surface area contributed by atoms with E-state index in [1.54, 1.807) is 0 Å². The highest BCUT2D eigenvalue weighted by Gasteiger charge is 2.22. The van der Waals surface area contributed by atoms with Crippen LogP contribution in [0.5, 0.6) is 0 Å². The van der Waals surface area contributed by atoms with Crippen LogP contribution < -0.4 is 5.73 Å². The van der Waals surface area contributed by atoms with Gasteiger partial charge < -0.3 is 10.5 Å². The molecule has 0 radical (unpaired) electrons. The molecule has 2 aliphatic rings. The Hall–Kier alpha value is -1.06. The van der Waals surface area contributed by atoms with Crippen LogP contribution in [0.3, 0.4) is 0 Å². The fourth-order valence-corrected chi connectivity index (χ4v) is 3.15. The van der Waals surface area contributed by atoms with E-state index in [1.807, 2.05) is 6.07 Å². The minimum absolute atomic E-state index is 0.821. The summed E-state index contributed by atoms with van der Waals surface area (Å²) in [5.74, 6) is 0.821. The number of anilines is 1. The summed E-state index contributed by atoms with van der Waals surface area (Å²) in [6.45, 7) is 5.33. The molecule has 0 aromatic heterocycles. The fourth-order valence-electron chi connectivity index (χ4n) is 3.15. The summed E-state index contributed by atoms with van der Waals surface area (Å²) >= 11 is 0. The van der Waals surface area contributed by atoms with Crippen molar-refractivity contribution in [3.05, 3.63) is 29.3 Å². The van der Waals surface area contributed by atoms with Crippen molar-refractivity contribution in [3.63, 3.8) is 0 Å². The van der Waals surface area contributed by atoms with Gasteiger partial charge >= 0.3 is 0 Å². The van der Waals surface area contributed by atoms with Gasteiger partial charge in [0.2, 0.25) is 0 Å². The molecule has 3 nitrogen and oxygen atoms in total. The van der Waals surface area contributed by atoms with Crippen molar-refractivity contribution in [1.82, 2.24) is 4.90 Å². The highest BCUT2D eigenvalue weighted by atomic mass is 16.5. The Morgan fingerprint density at radius 3 is 2.94 bits per heavy atom. The molecule has 2 heterocycles. The maximum Gasteiger partial charge on any atom is 0.0469 e. The van der Waals surface area contributed by atoms with Crippen LogP contribution in [0, 0.1) is 5.92 Å². The Labute approximate surface area is 109 Å². The number of hydrogen-bond acceptors (Lipinski definition) is 3. The number of hydrogen-bond donors (Lipinski definition) is 1. The molecule has 2 aliphatic heterocycles. The molecule has 3 rings (SSSR count). The van der Waals surface area contributed by atoms with E-state index < -0.39 is 0 Å². The lowest BCUT2D eigenvalue weighted by atomic mass is 9.95. The van der Waals surface area contributed by atoms with Crippen molar-refractivity contribution in [3.8, 4) is 0 Å². The summed E-state index contributed by atoms with van der Waals surface area (Å²) in [6.07, 6.45) is 3.55. The molecule has 0 unspecified atom stereocenters. The number of nitrogens with two attached hydrogens (primary N) is 1. The summed E-state index contributed by atoms with van der Waals surface area (Å²) < 4.78 is 5.43. The lowest BCUT2D eigenvalue weighted by Gasteiger charge is -2.33. The predicted octanol–water partition coefficient (Wildman–Crippen LogP) is 2.05. The highest BCUT2D eigenvalue weighted by Crippen LogP contribution is 2.26. The molecule has 3 heteroatoms. The highest BCUT2D eigenvalue weighted by molar-refractivity contribution is 5.51. The van der Waals surface area contributed by atoms with Crippen LogP contribution in [0.4, 0.5) is 5.69 Å².